The van der Waals surface area contributed by atoms with Crippen molar-refractivity contribution in [3.8, 4) is 0 Å². The van der Waals surface area contributed by atoms with Crippen LogP contribution < -0.4 is 16.0 Å². The molecule has 0 aliphatic carbocycles. The second-order valence-electron chi connectivity index (χ2n) is 26.0. The summed E-state index contributed by atoms with van der Waals surface area (Å²) in [4.78, 5) is 164. The minimum absolute atomic E-state index is 0.367. The molecule has 3 amide bonds. The molecule has 2 heterocycles. The molecule has 0 bridgehead atoms. The summed E-state index contributed by atoms with van der Waals surface area (Å²) < 4.78 is 140. The summed E-state index contributed by atoms with van der Waals surface area (Å²) in [6.07, 6.45) is -26.7. The summed E-state index contributed by atoms with van der Waals surface area (Å²) in [5.41, 5.74) is 2.33. The molecule has 5 aromatic rings. The van der Waals surface area contributed by atoms with Crippen molar-refractivity contribution in [1.82, 2.24) is 16.0 Å². The molecule has 2 fully saturated rings. The Labute approximate surface area is 656 Å². The van der Waals surface area contributed by atoms with Gasteiger partial charge in [-0.05, 0) is 27.8 Å². The largest absolute Gasteiger partial charge is 0.464 e. The second kappa shape index (κ2) is 44.8. The number of carbonyl (C=O) groups is 12. The normalized spacial score (nSPS) is 21.0. The summed E-state index contributed by atoms with van der Waals surface area (Å²) in [7, 11) is -9.54. The van der Waals surface area contributed by atoms with Crippen molar-refractivity contribution in [2.75, 3.05) is 33.1 Å². The predicted molar refractivity (Wildman–Crippen MR) is 394 cm³/mol. The van der Waals surface area contributed by atoms with Gasteiger partial charge in [-0.25, -0.2) is 9.59 Å². The summed E-state index contributed by atoms with van der Waals surface area (Å²) in [5.74, 6) is -10.9. The summed E-state index contributed by atoms with van der Waals surface area (Å²) in [5, 5.41) is 5.63. The van der Waals surface area contributed by atoms with Gasteiger partial charge in [0.1, 0.15) is 87.6 Å². The van der Waals surface area contributed by atoms with Crippen LogP contribution in [0.15, 0.2) is 152 Å². The molecule has 8 unspecified atom stereocenters. The van der Waals surface area contributed by atoms with Gasteiger partial charge >= 0.3 is 73.5 Å². The van der Waals surface area contributed by atoms with E-state index >= 15 is 13.9 Å². The number of benzene rings is 5. The first-order valence-corrected chi connectivity index (χ1v) is 39.5. The fourth-order valence-corrected chi connectivity index (χ4v) is 17.0. The second-order valence-corrected chi connectivity index (χ2v) is 31.3. The minimum atomic E-state index is -4.99. The third-order valence-electron chi connectivity index (χ3n) is 16.8. The number of carbonyl (C=O) groups excluding carboxylic acids is 12. The van der Waals surface area contributed by atoms with Crippen molar-refractivity contribution in [2.45, 2.75) is 193 Å². The van der Waals surface area contributed by atoms with E-state index in [-0.39, 0.29) is 13.2 Å². The van der Waals surface area contributed by atoms with Crippen LogP contribution in [0.25, 0.3) is 0 Å². The Kier molecular flexibility index (Phi) is 35.7. The van der Waals surface area contributed by atoms with Crippen molar-refractivity contribution < 1.29 is 151 Å². The van der Waals surface area contributed by atoms with Crippen molar-refractivity contribution >= 4 is 86.8 Å². The Balaban J connectivity index is 1.43. The van der Waals surface area contributed by atoms with Gasteiger partial charge in [-0.1, -0.05) is 152 Å². The van der Waals surface area contributed by atoms with Crippen molar-refractivity contribution in [3.05, 3.63) is 179 Å². The van der Waals surface area contributed by atoms with Crippen molar-refractivity contribution in [1.29, 1.82) is 0 Å². The number of alkyl carbamates (subject to hydrolysis) is 2. The highest BCUT2D eigenvalue weighted by Gasteiger charge is 2.59. The van der Waals surface area contributed by atoms with Gasteiger partial charge in [0.2, 0.25) is 13.3 Å². The van der Waals surface area contributed by atoms with Gasteiger partial charge in [0, 0.05) is 75.4 Å². The molecular formula is C77H93N3O32P2. The molecule has 0 radical (unpaired) electrons. The quantitative estimate of drug-likeness (QED) is 0.0192. The highest BCUT2D eigenvalue weighted by Crippen LogP contribution is 2.70. The average molecular weight is 1630 g/mol. The number of hydrogen-bond acceptors (Lipinski definition) is 32. The first-order valence-electron chi connectivity index (χ1n) is 35.7. The average Bonchev–Trinajstić information content (AvgIpc) is 0.732. The van der Waals surface area contributed by atoms with Crippen LogP contribution >= 0.6 is 15.0 Å². The molecule has 0 aromatic heterocycles. The van der Waals surface area contributed by atoms with Crippen molar-refractivity contribution in [2.24, 2.45) is 0 Å². The van der Waals surface area contributed by atoms with Gasteiger partial charge in [-0.15, -0.1) is 0 Å². The lowest BCUT2D eigenvalue weighted by Gasteiger charge is -2.50. The summed E-state index contributed by atoms with van der Waals surface area (Å²) in [6, 6.07) is 35.3. The molecule has 7 rings (SSSR count). The van der Waals surface area contributed by atoms with Crippen molar-refractivity contribution in [3.63, 3.8) is 0 Å². The van der Waals surface area contributed by atoms with Crippen LogP contribution in [0, 0.1) is 0 Å². The third-order valence-corrected chi connectivity index (χ3v) is 22.7. The number of nitrogens with one attached hydrogen (secondary N) is 3. The molecule has 618 valence electrons. The zero-order valence-electron chi connectivity index (χ0n) is 64.1. The van der Waals surface area contributed by atoms with Crippen LogP contribution in [0.3, 0.4) is 0 Å². The number of esters is 9. The van der Waals surface area contributed by atoms with Gasteiger partial charge in [-0.2, -0.15) is 0 Å². The zero-order chi connectivity index (χ0) is 83.1. The van der Waals surface area contributed by atoms with Crippen LogP contribution in [0.4, 0.5) is 9.59 Å². The predicted octanol–water partition coefficient (Wildman–Crippen LogP) is 7.66. The molecule has 2 aliphatic rings. The molecule has 0 saturated carbocycles. The maximum absolute atomic E-state index is 16.0. The van der Waals surface area contributed by atoms with Crippen LogP contribution in [-0.2, 0) is 175 Å². The Bertz CT molecular complexity index is 4080. The fraction of sp³-hybridized carbons (Fsp3) is 0.455. The highest BCUT2D eigenvalue weighted by atomic mass is 31.2. The van der Waals surface area contributed by atoms with Crippen LogP contribution in [0.5, 0.6) is 0 Å². The monoisotopic (exact) mass is 1630 g/mol. The molecular weight excluding hydrogens is 1540 g/mol. The lowest BCUT2D eigenvalue weighted by Crippen LogP contribution is -2.71. The van der Waals surface area contributed by atoms with E-state index in [1.54, 1.807) is 152 Å². The van der Waals surface area contributed by atoms with E-state index in [1.165, 1.54) is 0 Å². The molecule has 16 atom stereocenters. The topological polar surface area (TPSA) is 441 Å². The third kappa shape index (κ3) is 29.8. The molecule has 114 heavy (non-hydrogen) atoms. The smallest absolute Gasteiger partial charge is 0.407 e. The summed E-state index contributed by atoms with van der Waals surface area (Å²) in [6.45, 7) is 3.62. The minimum Gasteiger partial charge on any atom is -0.464 e. The lowest BCUT2D eigenvalue weighted by molar-refractivity contribution is -0.343. The molecule has 2 saturated heterocycles. The number of ether oxygens (including phenoxy) is 15. The molecule has 0 spiro atoms. The van der Waals surface area contributed by atoms with E-state index in [0.29, 0.717) is 27.8 Å². The standard InChI is InChI=1S/C77H93N3O32P2/c1-46(81)95-42-60(78-64(90)36-65(113(10,93)101-39-57-30-20-13-21-31-57)114(94,102-40-58-32-22-14-23-33-58)103-41-59-34-24-15-25-35-59)68(105-51(6)86)69(61(104-50(5)85)43-96-47(2)82)111-74-67(80-77(92)100-38-56-28-18-12-19-29-56)73(108-54(9)89)71(63(110-74)45-98-49(4)84)112-75-66(79-76(91)99-37-55-26-16-11-17-27-55)72(107-53(8)88)70(106-52(7)87)62(109-75)44-97-48(3)83/h11-35,60-63,65-75H,36-45H2,1-10H3,(H,78,90)(H,79,91)(H,80,92)/t60?,61?,62?,63?,65?,66?,67?,68-,69-,70-,71-,72-,73-,74+,75+,113?/m1/s1. The van der Waals surface area contributed by atoms with Crippen LogP contribution in [-0.4, -0.2) is 196 Å². The maximum Gasteiger partial charge on any atom is 0.407 e. The van der Waals surface area contributed by atoms with E-state index in [0.717, 1.165) is 69.0 Å². The molecule has 2 aliphatic heterocycles. The molecule has 5 aromatic carbocycles. The number of hydrogen-bond donors (Lipinski definition) is 3. The van der Waals surface area contributed by atoms with Gasteiger partial charge < -0.3 is 101 Å². The SMILES string of the molecule is CC(=O)OCC(NC(=O)CC(P(C)(=O)OCc1ccccc1)P(=O)(OCc1ccccc1)OCc1ccccc1)[C@@H](OC(C)=O)[C@H](O[C@@H]1OC(COC(C)=O)[C@@H](O[C@@H]2OC(COC(C)=O)[C@@H](OC(C)=O)[C@H](OC(C)=O)C2NC(=O)OCc2ccccc2)[C@H](OC(C)=O)C1NC(=O)OCc1ccccc1)C(COC(C)=O)OC(C)=O. The molecule has 35 nitrogen and oxygen atoms in total. The first kappa shape index (κ1) is 90.7. The van der Waals surface area contributed by atoms with Crippen LogP contribution in [0.2, 0.25) is 0 Å². The van der Waals surface area contributed by atoms with Gasteiger partial charge in [0.25, 0.3) is 0 Å². The maximum atomic E-state index is 16.0. The molecule has 3 N–H and O–H groups in total. The number of rotatable bonds is 40. The Morgan fingerprint density at radius 1 is 0.395 bits per heavy atom. The van der Waals surface area contributed by atoms with Gasteiger partial charge in [0.05, 0.1) is 19.8 Å². The first-order chi connectivity index (χ1) is 54.2. The Hall–Kier alpha value is -10.5. The Morgan fingerprint density at radius 2 is 0.763 bits per heavy atom. The zero-order valence-corrected chi connectivity index (χ0v) is 65.9. The summed E-state index contributed by atoms with van der Waals surface area (Å²) >= 11 is 0. The number of amides is 3. The van der Waals surface area contributed by atoms with E-state index in [4.69, 9.17) is 84.6 Å². The van der Waals surface area contributed by atoms with E-state index in [9.17, 15) is 52.7 Å². The van der Waals surface area contributed by atoms with E-state index in [1.807, 2.05) is 0 Å². The molecule has 37 heteroatoms. The van der Waals surface area contributed by atoms with Gasteiger partial charge in [0.15, 0.2) is 43.1 Å². The van der Waals surface area contributed by atoms with Crippen LogP contribution in [0.1, 0.15) is 96.6 Å². The Morgan fingerprint density at radius 3 is 1.18 bits per heavy atom. The highest BCUT2D eigenvalue weighted by molar-refractivity contribution is 7.74. The lowest BCUT2D eigenvalue weighted by atomic mass is 9.93. The van der Waals surface area contributed by atoms with E-state index < -0.39 is 230 Å². The fourth-order valence-electron chi connectivity index (χ4n) is 11.8. The van der Waals surface area contributed by atoms with Gasteiger partial charge in [-0.3, -0.25) is 57.1 Å². The van der Waals surface area contributed by atoms with E-state index in [2.05, 4.69) is 16.0 Å².